The molecule has 1 aromatic heterocycles. The predicted molar refractivity (Wildman–Crippen MR) is 86.2 cm³/mol. The topological polar surface area (TPSA) is 69.8 Å². The molecular formula is C17H27N3O3. The first kappa shape index (κ1) is 16.5. The third-order valence-electron chi connectivity index (χ3n) is 5.04. The zero-order valence-corrected chi connectivity index (χ0v) is 13.9. The van der Waals surface area contributed by atoms with Crippen LogP contribution in [0.1, 0.15) is 55.3 Å². The number of aryl methyl sites for hydroxylation is 1. The Morgan fingerprint density at radius 2 is 2.04 bits per heavy atom. The molecule has 2 atom stereocenters. The Morgan fingerprint density at radius 3 is 2.74 bits per heavy atom. The van der Waals surface area contributed by atoms with Gasteiger partial charge in [-0.25, -0.2) is 0 Å². The zero-order valence-electron chi connectivity index (χ0n) is 13.9. The molecule has 0 unspecified atom stereocenters. The maximum absolute atomic E-state index is 12.5. The van der Waals surface area contributed by atoms with Gasteiger partial charge in [0, 0.05) is 44.7 Å². The van der Waals surface area contributed by atoms with Crippen LogP contribution in [0.25, 0.3) is 0 Å². The van der Waals surface area contributed by atoms with E-state index in [1.165, 1.54) is 6.42 Å². The van der Waals surface area contributed by atoms with E-state index in [4.69, 9.17) is 4.52 Å². The monoisotopic (exact) mass is 321 g/mol. The molecule has 6 nitrogen and oxygen atoms in total. The number of carbonyl (C=O) groups excluding carboxylic acids is 1. The number of carbonyl (C=O) groups is 1. The number of rotatable bonds is 4. The van der Waals surface area contributed by atoms with E-state index < -0.39 is 0 Å². The van der Waals surface area contributed by atoms with Crippen molar-refractivity contribution in [3.05, 3.63) is 17.5 Å². The Bertz CT molecular complexity index is 523. The number of aliphatic hydroxyl groups excluding tert-OH is 1. The number of aliphatic hydroxyl groups is 1. The molecular weight excluding hydrogens is 294 g/mol. The normalized spacial score (nSPS) is 26.4. The highest BCUT2D eigenvalue weighted by Gasteiger charge is 2.32. The molecule has 1 saturated carbocycles. The summed E-state index contributed by atoms with van der Waals surface area (Å²) in [6.07, 6.45) is 5.88. The van der Waals surface area contributed by atoms with E-state index in [0.717, 1.165) is 51.0 Å². The van der Waals surface area contributed by atoms with E-state index >= 15 is 0 Å². The second-order valence-electron chi connectivity index (χ2n) is 6.68. The van der Waals surface area contributed by atoms with Gasteiger partial charge in [-0.3, -0.25) is 9.69 Å². The lowest BCUT2D eigenvalue weighted by atomic mass is 9.91. The Hall–Kier alpha value is -1.40. The van der Waals surface area contributed by atoms with E-state index in [1.807, 2.05) is 4.90 Å². The number of hydrogen-bond acceptors (Lipinski definition) is 5. The van der Waals surface area contributed by atoms with Crippen LogP contribution in [0.15, 0.2) is 10.6 Å². The highest BCUT2D eigenvalue weighted by Crippen LogP contribution is 2.24. The number of aromatic nitrogens is 1. The van der Waals surface area contributed by atoms with Crippen LogP contribution in [0.2, 0.25) is 0 Å². The summed E-state index contributed by atoms with van der Waals surface area (Å²) >= 11 is 0. The highest BCUT2D eigenvalue weighted by molar-refractivity contribution is 5.92. The van der Waals surface area contributed by atoms with Crippen molar-refractivity contribution < 1.29 is 14.4 Å². The number of nitrogens with zero attached hydrogens (tertiary/aromatic N) is 3. The van der Waals surface area contributed by atoms with Gasteiger partial charge in [-0.15, -0.1) is 0 Å². The van der Waals surface area contributed by atoms with Crippen molar-refractivity contribution in [2.24, 2.45) is 0 Å². The summed E-state index contributed by atoms with van der Waals surface area (Å²) in [4.78, 5) is 16.7. The second kappa shape index (κ2) is 7.45. The van der Waals surface area contributed by atoms with E-state index in [1.54, 1.807) is 6.07 Å². The zero-order chi connectivity index (χ0) is 16.2. The average Bonchev–Trinajstić information content (AvgIpc) is 3.04. The largest absolute Gasteiger partial charge is 0.391 e. The molecule has 23 heavy (non-hydrogen) atoms. The van der Waals surface area contributed by atoms with Crippen molar-refractivity contribution in [2.45, 2.75) is 57.6 Å². The maximum Gasteiger partial charge on any atom is 0.276 e. The van der Waals surface area contributed by atoms with Crippen molar-refractivity contribution >= 4 is 5.91 Å². The third-order valence-corrected chi connectivity index (χ3v) is 5.04. The molecule has 1 amide bonds. The first-order valence-corrected chi connectivity index (χ1v) is 8.86. The van der Waals surface area contributed by atoms with Crippen molar-refractivity contribution in [1.82, 2.24) is 15.0 Å². The Balaban J connectivity index is 1.54. The van der Waals surface area contributed by atoms with Gasteiger partial charge in [-0.2, -0.15) is 0 Å². The molecule has 1 aliphatic heterocycles. The molecule has 1 saturated heterocycles. The summed E-state index contributed by atoms with van der Waals surface area (Å²) in [5.41, 5.74) is 0.416. The molecule has 2 fully saturated rings. The summed E-state index contributed by atoms with van der Waals surface area (Å²) in [7, 11) is 0. The third kappa shape index (κ3) is 3.75. The van der Waals surface area contributed by atoms with Gasteiger partial charge in [0.1, 0.15) is 5.76 Å². The van der Waals surface area contributed by atoms with Crippen molar-refractivity contribution in [3.8, 4) is 0 Å². The molecule has 1 aromatic rings. The smallest absolute Gasteiger partial charge is 0.276 e. The van der Waals surface area contributed by atoms with Crippen LogP contribution in [0.3, 0.4) is 0 Å². The number of amides is 1. The van der Waals surface area contributed by atoms with Gasteiger partial charge >= 0.3 is 0 Å². The molecule has 0 spiro atoms. The molecule has 0 radical (unpaired) electrons. The van der Waals surface area contributed by atoms with Crippen LogP contribution in [0, 0.1) is 0 Å². The average molecular weight is 321 g/mol. The summed E-state index contributed by atoms with van der Waals surface area (Å²) in [5, 5.41) is 14.1. The van der Waals surface area contributed by atoms with E-state index in [0.29, 0.717) is 18.8 Å². The first-order chi connectivity index (χ1) is 11.2. The van der Waals surface area contributed by atoms with Crippen LogP contribution < -0.4 is 0 Å². The van der Waals surface area contributed by atoms with Gasteiger partial charge in [-0.1, -0.05) is 24.9 Å². The maximum atomic E-state index is 12.5. The summed E-state index contributed by atoms with van der Waals surface area (Å²) in [6.45, 7) is 5.11. The highest BCUT2D eigenvalue weighted by atomic mass is 16.5. The fourth-order valence-electron chi connectivity index (χ4n) is 3.71. The second-order valence-corrected chi connectivity index (χ2v) is 6.68. The van der Waals surface area contributed by atoms with Gasteiger partial charge < -0.3 is 14.5 Å². The lowest BCUT2D eigenvalue weighted by Crippen LogP contribution is -2.55. The van der Waals surface area contributed by atoms with E-state index in [-0.39, 0.29) is 18.1 Å². The molecule has 6 heteroatoms. The minimum absolute atomic E-state index is 0.0417. The van der Waals surface area contributed by atoms with E-state index in [2.05, 4.69) is 17.0 Å². The lowest BCUT2D eigenvalue weighted by molar-refractivity contribution is -0.00189. The molecule has 3 rings (SSSR count). The van der Waals surface area contributed by atoms with Crippen molar-refractivity contribution in [1.29, 1.82) is 0 Å². The number of piperazine rings is 1. The van der Waals surface area contributed by atoms with Gasteiger partial charge in [0.25, 0.3) is 5.91 Å². The first-order valence-electron chi connectivity index (χ1n) is 8.86. The van der Waals surface area contributed by atoms with Crippen molar-refractivity contribution in [2.75, 3.05) is 26.2 Å². The Morgan fingerprint density at radius 1 is 1.30 bits per heavy atom. The van der Waals surface area contributed by atoms with Crippen LogP contribution in [0.4, 0.5) is 0 Å². The number of hydrogen-bond donors (Lipinski definition) is 1. The Kier molecular flexibility index (Phi) is 5.33. The summed E-state index contributed by atoms with van der Waals surface area (Å²) < 4.78 is 5.21. The minimum atomic E-state index is -0.210. The summed E-state index contributed by atoms with van der Waals surface area (Å²) in [6, 6.07) is 2.03. The molecule has 128 valence electrons. The van der Waals surface area contributed by atoms with Crippen molar-refractivity contribution in [3.63, 3.8) is 0 Å². The van der Waals surface area contributed by atoms with Gasteiger partial charge in [0.2, 0.25) is 0 Å². The molecule has 1 N–H and O–H groups in total. The quantitative estimate of drug-likeness (QED) is 0.914. The predicted octanol–water partition coefficient (Wildman–Crippen LogP) is 1.69. The summed E-state index contributed by atoms with van der Waals surface area (Å²) in [5.74, 6) is 0.736. The standard InChI is InChI=1S/C17H27N3O3/c1-2-5-13-12-14(18-23-13)17(22)20-10-8-19(9-11-20)15-6-3-4-7-16(15)21/h12,15-16,21H,2-11H2,1H3/t15-,16-/m0/s1. The van der Waals surface area contributed by atoms with E-state index in [9.17, 15) is 9.90 Å². The molecule has 0 aromatic carbocycles. The van der Waals surface area contributed by atoms with Crippen LogP contribution in [-0.4, -0.2) is 64.3 Å². The van der Waals surface area contributed by atoms with Crippen LogP contribution in [0.5, 0.6) is 0 Å². The minimum Gasteiger partial charge on any atom is -0.391 e. The van der Waals surface area contributed by atoms with Crippen LogP contribution >= 0.6 is 0 Å². The molecule has 2 heterocycles. The molecule has 2 aliphatic rings. The van der Waals surface area contributed by atoms with Crippen LogP contribution in [-0.2, 0) is 6.42 Å². The Labute approximate surface area is 137 Å². The SMILES string of the molecule is CCCc1cc(C(=O)N2CCN([C@H]3CCCC[C@@H]3O)CC2)no1. The van der Waals surface area contributed by atoms with Gasteiger partial charge in [0.15, 0.2) is 5.69 Å². The fourth-order valence-corrected chi connectivity index (χ4v) is 3.71. The lowest BCUT2D eigenvalue weighted by Gasteiger charge is -2.42. The molecule has 0 bridgehead atoms. The van der Waals surface area contributed by atoms with Gasteiger partial charge in [0.05, 0.1) is 6.10 Å². The van der Waals surface area contributed by atoms with Gasteiger partial charge in [-0.05, 0) is 19.3 Å². The fraction of sp³-hybridized carbons (Fsp3) is 0.765. The molecule has 1 aliphatic carbocycles.